The second-order valence-corrected chi connectivity index (χ2v) is 9.31. The maximum Gasteiger partial charge on any atom is 0.184 e. The summed E-state index contributed by atoms with van der Waals surface area (Å²) >= 11 is 0. The highest BCUT2D eigenvalue weighted by Gasteiger charge is 2.53. The molecule has 4 fully saturated rings. The molecule has 4 aliphatic rings. The lowest BCUT2D eigenvalue weighted by Crippen LogP contribution is -2.64. The van der Waals surface area contributed by atoms with E-state index in [1.165, 1.54) is 0 Å². The van der Waals surface area contributed by atoms with Gasteiger partial charge >= 0.3 is 0 Å². The average Bonchev–Trinajstić information content (AvgIpc) is 2.84. The van der Waals surface area contributed by atoms with Crippen LogP contribution in [0.3, 0.4) is 0 Å². The van der Waals surface area contributed by atoms with Crippen molar-refractivity contribution in [3.63, 3.8) is 0 Å². The molecule has 4 aliphatic heterocycles. The number of aliphatic hydroxyl groups excluding tert-OH is 1. The zero-order valence-corrected chi connectivity index (χ0v) is 19.4. The number of benzene rings is 1. The van der Waals surface area contributed by atoms with E-state index in [0.717, 1.165) is 5.56 Å². The van der Waals surface area contributed by atoms with Gasteiger partial charge in [-0.2, -0.15) is 0 Å². The predicted molar refractivity (Wildman–Crippen MR) is 114 cm³/mol. The zero-order valence-electron chi connectivity index (χ0n) is 19.4. The van der Waals surface area contributed by atoms with Crippen molar-refractivity contribution < 1.29 is 43.0 Å². The van der Waals surface area contributed by atoms with Gasteiger partial charge in [0, 0.05) is 24.5 Å². The van der Waals surface area contributed by atoms with Crippen LogP contribution in [0, 0.1) is 11.8 Å². The molecule has 0 aliphatic carbocycles. The lowest BCUT2D eigenvalue weighted by molar-refractivity contribution is -0.391. The van der Waals surface area contributed by atoms with Gasteiger partial charge in [-0.25, -0.2) is 0 Å². The van der Waals surface area contributed by atoms with E-state index in [4.69, 9.17) is 37.9 Å². The zero-order chi connectivity index (χ0) is 23.1. The minimum atomic E-state index is -0.882. The first-order valence-electron chi connectivity index (χ1n) is 11.7. The van der Waals surface area contributed by atoms with Crippen LogP contribution in [0.2, 0.25) is 0 Å². The molecule has 1 N–H and O–H groups in total. The molecule has 0 spiro atoms. The van der Waals surface area contributed by atoms with Crippen LogP contribution in [0.5, 0.6) is 0 Å². The van der Waals surface area contributed by atoms with Crippen molar-refractivity contribution in [2.45, 2.75) is 82.6 Å². The third kappa shape index (κ3) is 4.59. The van der Waals surface area contributed by atoms with Crippen molar-refractivity contribution in [1.82, 2.24) is 0 Å². The summed E-state index contributed by atoms with van der Waals surface area (Å²) in [4.78, 5) is 0. The van der Waals surface area contributed by atoms with Crippen LogP contribution in [-0.4, -0.2) is 80.9 Å². The number of ether oxygens (including phenoxy) is 8. The van der Waals surface area contributed by atoms with E-state index in [-0.39, 0.29) is 42.5 Å². The highest BCUT2D eigenvalue weighted by molar-refractivity contribution is 5.16. The smallest absolute Gasteiger partial charge is 0.184 e. The maximum absolute atomic E-state index is 11.1. The number of hydrogen-bond acceptors (Lipinski definition) is 9. The van der Waals surface area contributed by atoms with Crippen molar-refractivity contribution in [2.24, 2.45) is 11.8 Å². The molecule has 0 bridgehead atoms. The Bertz CT molecular complexity index is 776. The van der Waals surface area contributed by atoms with Crippen LogP contribution in [0.4, 0.5) is 0 Å². The summed E-state index contributed by atoms with van der Waals surface area (Å²) < 4.78 is 47.9. The Balaban J connectivity index is 1.29. The standard InChI is InChI=1S/C24H34O9/c1-12-18(25)24(31-16-11-28-23(32-19(12)16)15-8-6-5-7-9-15)33-20-13(2)22(26-4)30-17-10-27-14(3)29-21(17)20/h5-9,12-14,16-25H,10-11H2,1-4H3/t12-,13?,14?,16?,17?,18?,19-,20-,21+,22+,23?,24+/m1/s1. The first kappa shape index (κ1) is 23.6. The molecule has 0 amide bonds. The second kappa shape index (κ2) is 9.85. The maximum atomic E-state index is 11.1. The largest absolute Gasteiger partial charge is 0.387 e. The van der Waals surface area contributed by atoms with Crippen LogP contribution in [0.1, 0.15) is 32.6 Å². The van der Waals surface area contributed by atoms with Crippen LogP contribution in [0.15, 0.2) is 30.3 Å². The Kier molecular flexibility index (Phi) is 7.04. The van der Waals surface area contributed by atoms with Gasteiger partial charge in [0.25, 0.3) is 0 Å². The lowest BCUT2D eigenvalue weighted by Gasteiger charge is -2.51. The molecule has 9 heteroatoms. The van der Waals surface area contributed by atoms with Gasteiger partial charge in [0.2, 0.25) is 0 Å². The van der Waals surface area contributed by atoms with Gasteiger partial charge in [-0.1, -0.05) is 44.2 Å². The van der Waals surface area contributed by atoms with Crippen molar-refractivity contribution in [3.8, 4) is 0 Å². The quantitative estimate of drug-likeness (QED) is 0.715. The molecular weight excluding hydrogens is 432 g/mol. The number of methoxy groups -OCH3 is 1. The predicted octanol–water partition coefficient (Wildman–Crippen LogP) is 1.98. The van der Waals surface area contributed by atoms with Crippen LogP contribution in [0.25, 0.3) is 0 Å². The van der Waals surface area contributed by atoms with E-state index in [9.17, 15) is 5.11 Å². The van der Waals surface area contributed by atoms with Crippen LogP contribution in [-0.2, 0) is 37.9 Å². The fraction of sp³-hybridized carbons (Fsp3) is 0.750. The third-order valence-electron chi connectivity index (χ3n) is 7.09. The molecule has 5 rings (SSSR count). The van der Waals surface area contributed by atoms with Gasteiger partial charge in [-0.3, -0.25) is 0 Å². The van der Waals surface area contributed by atoms with E-state index in [1.807, 2.05) is 51.1 Å². The number of hydrogen-bond donors (Lipinski definition) is 1. The summed E-state index contributed by atoms with van der Waals surface area (Å²) in [5.74, 6) is -0.366. The van der Waals surface area contributed by atoms with E-state index >= 15 is 0 Å². The summed E-state index contributed by atoms with van der Waals surface area (Å²) in [6.45, 7) is 6.51. The Morgan fingerprint density at radius 2 is 1.52 bits per heavy atom. The van der Waals surface area contributed by atoms with Crippen LogP contribution < -0.4 is 0 Å². The topological polar surface area (TPSA) is 94.1 Å². The molecule has 9 nitrogen and oxygen atoms in total. The molecule has 6 unspecified atom stereocenters. The summed E-state index contributed by atoms with van der Waals surface area (Å²) in [6.07, 6.45) is -4.84. The highest BCUT2D eigenvalue weighted by atomic mass is 16.8. The molecule has 33 heavy (non-hydrogen) atoms. The van der Waals surface area contributed by atoms with Crippen molar-refractivity contribution in [3.05, 3.63) is 35.9 Å². The number of fused-ring (bicyclic) bond motifs is 2. The van der Waals surface area contributed by atoms with Crippen LogP contribution >= 0.6 is 0 Å². The molecule has 0 radical (unpaired) electrons. The first-order valence-corrected chi connectivity index (χ1v) is 11.7. The molecule has 0 aromatic heterocycles. The van der Waals surface area contributed by atoms with Gasteiger partial charge in [-0.15, -0.1) is 0 Å². The molecule has 0 saturated carbocycles. The first-order chi connectivity index (χ1) is 16.0. The summed E-state index contributed by atoms with van der Waals surface area (Å²) in [7, 11) is 1.60. The van der Waals surface area contributed by atoms with Gasteiger partial charge < -0.3 is 43.0 Å². The number of rotatable bonds is 4. The van der Waals surface area contributed by atoms with Gasteiger partial charge in [-0.05, 0) is 6.92 Å². The van der Waals surface area contributed by atoms with Gasteiger partial charge in [0.05, 0.1) is 25.4 Å². The highest BCUT2D eigenvalue weighted by Crippen LogP contribution is 2.40. The summed E-state index contributed by atoms with van der Waals surface area (Å²) in [5.41, 5.74) is 0.939. The molecule has 4 saturated heterocycles. The SMILES string of the molecule is CO[C@H]1OC2COC(C)O[C@@H]2[C@H](O[C@@H]2OC3COC(c4ccccc4)O[C@@H]3[C@H](C)C2O)C1C. The lowest BCUT2D eigenvalue weighted by atomic mass is 9.88. The average molecular weight is 467 g/mol. The van der Waals surface area contributed by atoms with Crippen molar-refractivity contribution in [1.29, 1.82) is 0 Å². The third-order valence-corrected chi connectivity index (χ3v) is 7.09. The minimum absolute atomic E-state index is 0.147. The normalized spacial score (nSPS) is 48.0. The fourth-order valence-corrected chi connectivity index (χ4v) is 5.17. The van der Waals surface area contributed by atoms with Crippen molar-refractivity contribution >= 4 is 0 Å². The van der Waals surface area contributed by atoms with E-state index in [0.29, 0.717) is 13.2 Å². The summed E-state index contributed by atoms with van der Waals surface area (Å²) in [6, 6.07) is 9.77. The Hall–Kier alpha value is -1.14. The molecule has 1 aromatic rings. The molecule has 1 aromatic carbocycles. The second-order valence-electron chi connectivity index (χ2n) is 9.31. The Labute approximate surface area is 194 Å². The van der Waals surface area contributed by atoms with Crippen molar-refractivity contribution in [2.75, 3.05) is 20.3 Å². The molecule has 4 heterocycles. The van der Waals surface area contributed by atoms with E-state index < -0.39 is 31.1 Å². The van der Waals surface area contributed by atoms with Gasteiger partial charge in [0.1, 0.15) is 24.4 Å². The Morgan fingerprint density at radius 1 is 0.818 bits per heavy atom. The fourth-order valence-electron chi connectivity index (χ4n) is 5.17. The van der Waals surface area contributed by atoms with E-state index in [1.54, 1.807) is 7.11 Å². The number of aliphatic hydroxyl groups is 1. The van der Waals surface area contributed by atoms with Gasteiger partial charge in [0.15, 0.2) is 25.2 Å². The van der Waals surface area contributed by atoms with E-state index in [2.05, 4.69) is 0 Å². The minimum Gasteiger partial charge on any atom is -0.387 e. The summed E-state index contributed by atoms with van der Waals surface area (Å²) in [5, 5.41) is 11.1. The Morgan fingerprint density at radius 3 is 2.27 bits per heavy atom. The molecular formula is C24H34O9. The monoisotopic (exact) mass is 466 g/mol. The molecule has 184 valence electrons. The molecule has 12 atom stereocenters.